The lowest BCUT2D eigenvalue weighted by Crippen LogP contribution is -2.35. The van der Waals surface area contributed by atoms with Crippen LogP contribution in [-0.4, -0.2) is 15.2 Å². The molecule has 4 rings (SSSR count). The third-order valence-corrected chi connectivity index (χ3v) is 5.00. The first kappa shape index (κ1) is 19.9. The largest absolute Gasteiger partial charge is 0.257 e. The smallest absolute Gasteiger partial charge is 0.256 e. The highest BCUT2D eigenvalue weighted by Crippen LogP contribution is 2.32. The van der Waals surface area contributed by atoms with E-state index in [0.29, 0.717) is 0 Å². The molecule has 0 spiro atoms. The maximum atomic E-state index is 4.51. The molecule has 0 amide bonds. The van der Waals surface area contributed by atoms with Crippen molar-refractivity contribution in [3.8, 4) is 22.5 Å². The number of hydrogen-bond donors (Lipinski definition) is 0. The normalized spacial score (nSPS) is 10.2. The van der Waals surface area contributed by atoms with Gasteiger partial charge < -0.3 is 0 Å². The Hall–Kier alpha value is -2.85. The zero-order chi connectivity index (χ0) is 19.8. The molecule has 4 aromatic rings. The maximum absolute atomic E-state index is 4.51. The fourth-order valence-corrected chi connectivity index (χ4v) is 3.75. The van der Waals surface area contributed by atoms with Crippen LogP contribution in [0.3, 0.4) is 0 Å². The van der Waals surface area contributed by atoms with Gasteiger partial charge >= 0.3 is 0 Å². The number of aromatic nitrogens is 3. The summed E-state index contributed by atoms with van der Waals surface area (Å²) in [5.41, 5.74) is 5.88. The van der Waals surface area contributed by atoms with Gasteiger partial charge in [-0.15, -0.1) is 0 Å². The molecule has 0 bridgehead atoms. The van der Waals surface area contributed by atoms with Crippen LogP contribution in [0.15, 0.2) is 91.4 Å². The minimum absolute atomic E-state index is 0.735. The zero-order valence-corrected chi connectivity index (χ0v) is 17.4. The van der Waals surface area contributed by atoms with Crippen LogP contribution in [0.25, 0.3) is 22.5 Å². The molecule has 28 heavy (non-hydrogen) atoms. The fraction of sp³-hybridized carbons (Fsp3) is 0.167. The lowest BCUT2D eigenvalue weighted by Gasteiger charge is -2.05. The third-order valence-electron chi connectivity index (χ3n) is 4.33. The van der Waals surface area contributed by atoms with E-state index in [4.69, 9.17) is 0 Å². The average Bonchev–Trinajstić information content (AvgIpc) is 3.15. The van der Waals surface area contributed by atoms with Gasteiger partial charge in [-0.25, -0.2) is 4.57 Å². The highest BCUT2D eigenvalue weighted by atomic mass is 32.2. The van der Waals surface area contributed by atoms with Gasteiger partial charge in [0.1, 0.15) is 6.54 Å². The van der Waals surface area contributed by atoms with Gasteiger partial charge in [-0.05, 0) is 12.1 Å². The first-order valence-corrected chi connectivity index (χ1v) is 10.7. The van der Waals surface area contributed by atoms with Crippen LogP contribution in [0, 0.1) is 0 Å². The summed E-state index contributed by atoms with van der Waals surface area (Å²) in [6.07, 6.45) is 6.12. The summed E-state index contributed by atoms with van der Waals surface area (Å²) >= 11 is 1.71. The van der Waals surface area contributed by atoms with Gasteiger partial charge in [-0.1, -0.05) is 80.6 Å². The summed E-state index contributed by atoms with van der Waals surface area (Å²) in [6.45, 7) is 4.73. The van der Waals surface area contributed by atoms with Crippen LogP contribution in [-0.2, 0) is 6.54 Å². The topological polar surface area (TPSA) is 21.7 Å². The second-order valence-electron chi connectivity index (χ2n) is 6.00. The lowest BCUT2D eigenvalue weighted by atomic mass is 10.0. The Morgan fingerprint density at radius 3 is 2.00 bits per heavy atom. The fourth-order valence-electron chi connectivity index (χ4n) is 3.17. The molecule has 2 aromatic heterocycles. The highest BCUT2D eigenvalue weighted by Gasteiger charge is 2.26. The van der Waals surface area contributed by atoms with Gasteiger partial charge in [0.15, 0.2) is 11.4 Å². The van der Waals surface area contributed by atoms with E-state index >= 15 is 0 Å². The molecule has 2 aromatic carbocycles. The molecule has 0 fully saturated rings. The van der Waals surface area contributed by atoms with Gasteiger partial charge in [0.25, 0.3) is 6.33 Å². The number of imidazole rings is 1. The molecule has 0 unspecified atom stereocenters. The van der Waals surface area contributed by atoms with E-state index in [0.717, 1.165) is 12.2 Å². The molecular weight excluding hydrogens is 362 g/mol. The molecule has 142 valence electrons. The summed E-state index contributed by atoms with van der Waals surface area (Å²) in [4.78, 5) is 4.51. The summed E-state index contributed by atoms with van der Waals surface area (Å²) < 4.78 is 4.52. The Morgan fingerprint density at radius 1 is 0.821 bits per heavy atom. The van der Waals surface area contributed by atoms with Gasteiger partial charge in [0.2, 0.25) is 0 Å². The maximum Gasteiger partial charge on any atom is 0.256 e. The Labute approximate surface area is 171 Å². The van der Waals surface area contributed by atoms with Gasteiger partial charge in [-0.2, -0.15) is 3.97 Å². The van der Waals surface area contributed by atoms with Gasteiger partial charge in [-0.3, -0.25) is 4.98 Å². The minimum Gasteiger partial charge on any atom is -0.257 e. The molecule has 0 aliphatic heterocycles. The quantitative estimate of drug-likeness (QED) is 0.409. The number of rotatable bonds is 5. The van der Waals surface area contributed by atoms with Crippen molar-refractivity contribution in [2.45, 2.75) is 20.4 Å². The molecule has 2 heterocycles. The Bertz CT molecular complexity index is 981. The van der Waals surface area contributed by atoms with E-state index in [2.05, 4.69) is 92.8 Å². The third kappa shape index (κ3) is 4.34. The van der Waals surface area contributed by atoms with Crippen LogP contribution < -0.4 is 4.57 Å². The van der Waals surface area contributed by atoms with Crippen molar-refractivity contribution >= 4 is 11.9 Å². The number of hydrogen-bond acceptors (Lipinski definition) is 2. The molecule has 0 aliphatic rings. The monoisotopic (exact) mass is 388 g/mol. The van der Waals surface area contributed by atoms with Gasteiger partial charge in [0, 0.05) is 23.6 Å². The average molecular weight is 389 g/mol. The molecule has 0 saturated heterocycles. The zero-order valence-electron chi connectivity index (χ0n) is 16.6. The summed E-state index contributed by atoms with van der Waals surface area (Å²) in [7, 11) is 0. The SMILES string of the molecule is CC.CSn1c[n+](Cc2ccccn2)c(-c2ccccc2)c1-c1ccccc1. The molecule has 0 aliphatic carbocycles. The van der Waals surface area contributed by atoms with E-state index in [1.54, 1.807) is 11.9 Å². The van der Waals surface area contributed by atoms with Gasteiger partial charge in [0.05, 0.1) is 17.6 Å². The van der Waals surface area contributed by atoms with Crippen molar-refractivity contribution in [1.82, 2.24) is 8.96 Å². The lowest BCUT2D eigenvalue weighted by molar-refractivity contribution is -0.677. The van der Waals surface area contributed by atoms with E-state index in [1.165, 1.54) is 22.5 Å². The molecule has 0 saturated carbocycles. The van der Waals surface area contributed by atoms with Crippen molar-refractivity contribution < 1.29 is 4.57 Å². The minimum atomic E-state index is 0.735. The van der Waals surface area contributed by atoms with Crippen molar-refractivity contribution in [2.24, 2.45) is 0 Å². The first-order chi connectivity index (χ1) is 13.9. The molecule has 3 nitrogen and oxygen atoms in total. The summed E-state index contributed by atoms with van der Waals surface area (Å²) in [5.74, 6) is 0. The second-order valence-corrected chi connectivity index (χ2v) is 6.76. The second kappa shape index (κ2) is 9.90. The Balaban J connectivity index is 0.00000109. The van der Waals surface area contributed by atoms with Crippen molar-refractivity contribution in [2.75, 3.05) is 6.26 Å². The molecule has 0 radical (unpaired) electrons. The number of pyridine rings is 1. The van der Waals surface area contributed by atoms with Crippen LogP contribution in [0.2, 0.25) is 0 Å². The highest BCUT2D eigenvalue weighted by molar-refractivity contribution is 7.97. The van der Waals surface area contributed by atoms with Crippen molar-refractivity contribution in [1.29, 1.82) is 0 Å². The molecular formula is C24H26N3S+. The van der Waals surface area contributed by atoms with E-state index in [1.807, 2.05) is 32.2 Å². The van der Waals surface area contributed by atoms with E-state index in [-0.39, 0.29) is 0 Å². The number of benzene rings is 2. The summed E-state index contributed by atoms with van der Waals surface area (Å²) in [6, 6.07) is 27.2. The molecule has 0 atom stereocenters. The van der Waals surface area contributed by atoms with Crippen molar-refractivity contribution in [3.63, 3.8) is 0 Å². The predicted octanol–water partition coefficient (Wildman–Crippen LogP) is 5.71. The molecule has 4 heteroatoms. The van der Waals surface area contributed by atoms with E-state index in [9.17, 15) is 0 Å². The Kier molecular flexibility index (Phi) is 7.04. The Morgan fingerprint density at radius 2 is 1.43 bits per heavy atom. The summed E-state index contributed by atoms with van der Waals surface area (Å²) in [5, 5.41) is 0. The molecule has 0 N–H and O–H groups in total. The number of nitrogens with zero attached hydrogens (tertiary/aromatic N) is 3. The standard InChI is InChI=1S/C22H20N3S.C2H6/c1-26-25-17-24(16-20-14-8-9-15-23-20)21(18-10-4-2-5-11-18)22(25)19-12-6-3-7-13-19;1-2/h2-15,17H,16H2,1H3;1-2H3/q+1;. The van der Waals surface area contributed by atoms with Crippen molar-refractivity contribution in [3.05, 3.63) is 97.1 Å². The van der Waals surface area contributed by atoms with Crippen LogP contribution in [0.5, 0.6) is 0 Å². The van der Waals surface area contributed by atoms with Crippen LogP contribution in [0.4, 0.5) is 0 Å². The first-order valence-electron chi connectivity index (χ1n) is 9.57. The predicted molar refractivity (Wildman–Crippen MR) is 119 cm³/mol. The van der Waals surface area contributed by atoms with Crippen LogP contribution in [0.1, 0.15) is 19.5 Å². The van der Waals surface area contributed by atoms with Crippen LogP contribution >= 0.6 is 11.9 Å². The van der Waals surface area contributed by atoms with E-state index < -0.39 is 0 Å².